The van der Waals surface area contributed by atoms with Crippen molar-refractivity contribution in [3.05, 3.63) is 0 Å². The molecule has 0 spiro atoms. The van der Waals surface area contributed by atoms with E-state index < -0.39 is 18.1 Å². The molecule has 0 rings (SSSR count). The molecule has 6 N–H and O–H groups in total. The zero-order chi connectivity index (χ0) is 8.85. The summed E-state index contributed by atoms with van der Waals surface area (Å²) in [6.07, 6.45) is -0.689. The third kappa shape index (κ3) is 4.72. The van der Waals surface area contributed by atoms with E-state index in [-0.39, 0.29) is 6.42 Å². The van der Waals surface area contributed by atoms with Gasteiger partial charge < -0.3 is 21.7 Å². The predicted molar refractivity (Wildman–Crippen MR) is 39.9 cm³/mol. The minimum absolute atomic E-state index is 0.221. The fraction of sp³-hybridized carbons (Fsp3) is 0.833. The molecule has 0 fully saturated rings. The number of nitrogens with two attached hydrogens (primary N) is 2. The van der Waals surface area contributed by atoms with Crippen molar-refractivity contribution in [1.29, 1.82) is 0 Å². The Bertz CT molecular complexity index is 129. The molecule has 0 amide bonds. The van der Waals surface area contributed by atoms with Gasteiger partial charge in [-0.3, -0.25) is 4.79 Å². The van der Waals surface area contributed by atoms with Crippen LogP contribution < -0.4 is 11.5 Å². The summed E-state index contributed by atoms with van der Waals surface area (Å²) < 4.78 is 0. The van der Waals surface area contributed by atoms with E-state index in [0.29, 0.717) is 13.0 Å². The van der Waals surface area contributed by atoms with Crippen LogP contribution in [0.1, 0.15) is 12.8 Å². The summed E-state index contributed by atoms with van der Waals surface area (Å²) in [5.41, 5.74) is 10.5. The molecule has 5 heteroatoms. The summed E-state index contributed by atoms with van der Waals surface area (Å²) in [6, 6.07) is -0.712. The molecule has 5 nitrogen and oxygen atoms in total. The number of carboxylic acids is 1. The molecule has 0 saturated heterocycles. The quantitative estimate of drug-likeness (QED) is 0.393. The van der Waals surface area contributed by atoms with Crippen LogP contribution in [0.3, 0.4) is 0 Å². The van der Waals surface area contributed by atoms with E-state index in [2.05, 4.69) is 0 Å². The Morgan fingerprint density at radius 2 is 2.09 bits per heavy atom. The van der Waals surface area contributed by atoms with Gasteiger partial charge in [-0.05, 0) is 13.0 Å². The molecule has 0 aliphatic heterocycles. The van der Waals surface area contributed by atoms with Crippen molar-refractivity contribution < 1.29 is 15.0 Å². The summed E-state index contributed by atoms with van der Waals surface area (Å²) in [5.74, 6) is -1.01. The molecule has 11 heavy (non-hydrogen) atoms. The van der Waals surface area contributed by atoms with E-state index in [9.17, 15) is 4.79 Å². The highest BCUT2D eigenvalue weighted by molar-refractivity contribution is 5.67. The molecule has 0 bridgehead atoms. The van der Waals surface area contributed by atoms with Gasteiger partial charge >= 0.3 is 5.97 Å². The third-order valence-corrected chi connectivity index (χ3v) is 1.37. The zero-order valence-electron chi connectivity index (χ0n) is 6.23. The molecule has 0 aliphatic carbocycles. The molecular weight excluding hydrogens is 148 g/mol. The number of rotatable bonds is 5. The van der Waals surface area contributed by atoms with Crippen molar-refractivity contribution in [2.24, 2.45) is 11.5 Å². The van der Waals surface area contributed by atoms with Gasteiger partial charge in [0.2, 0.25) is 0 Å². The second-order valence-corrected chi connectivity index (χ2v) is 2.41. The number of aliphatic carboxylic acids is 1. The molecule has 2 atom stereocenters. The Balaban J connectivity index is 3.63. The lowest BCUT2D eigenvalue weighted by molar-refractivity contribution is -0.138. The van der Waals surface area contributed by atoms with E-state index >= 15 is 0 Å². The minimum Gasteiger partial charge on any atom is -0.481 e. The Morgan fingerprint density at radius 3 is 2.45 bits per heavy atom. The van der Waals surface area contributed by atoms with Gasteiger partial charge in [-0.15, -0.1) is 0 Å². The first-order chi connectivity index (χ1) is 5.07. The maximum atomic E-state index is 10.1. The maximum absolute atomic E-state index is 10.1. The van der Waals surface area contributed by atoms with Gasteiger partial charge in [-0.25, -0.2) is 0 Å². The van der Waals surface area contributed by atoms with E-state index in [1.165, 1.54) is 0 Å². The Labute approximate surface area is 65.0 Å². The molecule has 0 saturated carbocycles. The lowest BCUT2D eigenvalue weighted by atomic mass is 10.1. The highest BCUT2D eigenvalue weighted by Gasteiger charge is 2.16. The fourth-order valence-electron chi connectivity index (χ4n) is 0.723. The fourth-order valence-corrected chi connectivity index (χ4v) is 0.723. The highest BCUT2D eigenvalue weighted by Crippen LogP contribution is 1.99. The van der Waals surface area contributed by atoms with Crippen LogP contribution >= 0.6 is 0 Å². The average molecular weight is 162 g/mol. The van der Waals surface area contributed by atoms with Gasteiger partial charge in [0.05, 0.1) is 12.5 Å². The number of aliphatic hydroxyl groups is 1. The predicted octanol–water partition coefficient (Wildman–Crippen LogP) is -1.50. The number of carbonyl (C=O) groups is 1. The van der Waals surface area contributed by atoms with Crippen LogP contribution in [-0.4, -0.2) is 34.9 Å². The number of hydrogen-bond donors (Lipinski definition) is 4. The van der Waals surface area contributed by atoms with Crippen LogP contribution in [0, 0.1) is 0 Å². The van der Waals surface area contributed by atoms with Crippen molar-refractivity contribution in [2.75, 3.05) is 6.54 Å². The van der Waals surface area contributed by atoms with E-state index in [4.69, 9.17) is 21.7 Å². The summed E-state index contributed by atoms with van der Waals surface area (Å²) in [7, 11) is 0. The number of aliphatic hydroxyl groups excluding tert-OH is 1. The van der Waals surface area contributed by atoms with Gasteiger partial charge in [0.25, 0.3) is 0 Å². The Morgan fingerprint density at radius 1 is 1.55 bits per heavy atom. The van der Waals surface area contributed by atoms with Crippen molar-refractivity contribution in [1.82, 2.24) is 0 Å². The van der Waals surface area contributed by atoms with E-state index in [1.54, 1.807) is 0 Å². The Kier molecular flexibility index (Phi) is 4.76. The second-order valence-electron chi connectivity index (χ2n) is 2.41. The topological polar surface area (TPSA) is 110 Å². The van der Waals surface area contributed by atoms with Crippen molar-refractivity contribution in [3.8, 4) is 0 Å². The van der Waals surface area contributed by atoms with Gasteiger partial charge in [0, 0.05) is 6.04 Å². The molecule has 0 aliphatic rings. The van der Waals surface area contributed by atoms with Crippen LogP contribution in [-0.2, 0) is 4.79 Å². The molecule has 0 aromatic rings. The van der Waals surface area contributed by atoms with Crippen LogP contribution in [0.4, 0.5) is 0 Å². The SMILES string of the molecule is NCCC(O)C(N)CC(=O)O. The Hall–Kier alpha value is -0.650. The lowest BCUT2D eigenvalue weighted by Gasteiger charge is -2.15. The molecule has 0 heterocycles. The van der Waals surface area contributed by atoms with Crippen LogP contribution in [0.5, 0.6) is 0 Å². The van der Waals surface area contributed by atoms with Crippen molar-refractivity contribution in [3.63, 3.8) is 0 Å². The van der Waals surface area contributed by atoms with Crippen LogP contribution in [0.15, 0.2) is 0 Å². The molecule has 0 radical (unpaired) electrons. The summed E-state index contributed by atoms with van der Waals surface area (Å²) >= 11 is 0. The summed E-state index contributed by atoms with van der Waals surface area (Å²) in [4.78, 5) is 10.1. The second kappa shape index (κ2) is 5.06. The molecular formula is C6H14N2O3. The van der Waals surface area contributed by atoms with Crippen LogP contribution in [0.2, 0.25) is 0 Å². The van der Waals surface area contributed by atoms with Crippen molar-refractivity contribution in [2.45, 2.75) is 25.0 Å². The summed E-state index contributed by atoms with van der Waals surface area (Å²) in [5, 5.41) is 17.4. The minimum atomic E-state index is -1.01. The normalized spacial score (nSPS) is 15.9. The highest BCUT2D eigenvalue weighted by atomic mass is 16.4. The number of hydrogen-bond acceptors (Lipinski definition) is 4. The van der Waals surface area contributed by atoms with Gasteiger partial charge in [0.1, 0.15) is 0 Å². The molecule has 2 unspecified atom stereocenters. The van der Waals surface area contributed by atoms with E-state index in [1.807, 2.05) is 0 Å². The average Bonchev–Trinajstić information content (AvgIpc) is 1.86. The number of carboxylic acid groups (broad SMARTS) is 1. The largest absolute Gasteiger partial charge is 0.481 e. The van der Waals surface area contributed by atoms with Crippen LogP contribution in [0.25, 0.3) is 0 Å². The van der Waals surface area contributed by atoms with Gasteiger partial charge in [-0.2, -0.15) is 0 Å². The zero-order valence-corrected chi connectivity index (χ0v) is 6.23. The third-order valence-electron chi connectivity index (χ3n) is 1.37. The molecule has 0 aromatic heterocycles. The van der Waals surface area contributed by atoms with Gasteiger partial charge in [0.15, 0.2) is 0 Å². The molecule has 0 aromatic carbocycles. The smallest absolute Gasteiger partial charge is 0.305 e. The van der Waals surface area contributed by atoms with E-state index in [0.717, 1.165) is 0 Å². The van der Waals surface area contributed by atoms with Gasteiger partial charge in [-0.1, -0.05) is 0 Å². The lowest BCUT2D eigenvalue weighted by Crippen LogP contribution is -2.37. The first kappa shape index (κ1) is 10.3. The molecule has 66 valence electrons. The first-order valence-corrected chi connectivity index (χ1v) is 3.43. The standard InChI is InChI=1S/C6H14N2O3/c7-2-1-5(9)4(8)3-6(10)11/h4-5,9H,1-3,7-8H2,(H,10,11). The monoisotopic (exact) mass is 162 g/mol. The van der Waals surface area contributed by atoms with Crippen molar-refractivity contribution >= 4 is 5.97 Å². The maximum Gasteiger partial charge on any atom is 0.305 e. The first-order valence-electron chi connectivity index (χ1n) is 3.43. The summed E-state index contributed by atoms with van der Waals surface area (Å²) in [6.45, 7) is 0.314.